The van der Waals surface area contributed by atoms with E-state index >= 15 is 0 Å². The average molecular weight is 576 g/mol. The quantitative estimate of drug-likeness (QED) is 0.333. The molecule has 2 aromatic rings. The third-order valence-corrected chi connectivity index (χ3v) is 9.91. The van der Waals surface area contributed by atoms with Crippen LogP contribution in [0.1, 0.15) is 38.5 Å². The molecule has 0 radical (unpaired) electrons. The second-order valence-corrected chi connectivity index (χ2v) is 12.8. The molecule has 1 aromatic carbocycles. The van der Waals surface area contributed by atoms with Crippen LogP contribution in [0.25, 0.3) is 10.9 Å². The van der Waals surface area contributed by atoms with Gasteiger partial charge in [0.15, 0.2) is 0 Å². The van der Waals surface area contributed by atoms with Gasteiger partial charge < -0.3 is 25.3 Å². The molecule has 42 heavy (non-hydrogen) atoms. The van der Waals surface area contributed by atoms with Gasteiger partial charge in [-0.05, 0) is 62.8 Å². The molecule has 12 heteroatoms. The monoisotopic (exact) mass is 575 g/mol. The molecular formula is C30H41N9O3. The molecule has 4 saturated heterocycles. The summed E-state index contributed by atoms with van der Waals surface area (Å²) in [6.07, 6.45) is 11.2. The van der Waals surface area contributed by atoms with Gasteiger partial charge in [-0.2, -0.15) is 5.01 Å². The Morgan fingerprint density at radius 3 is 2.88 bits per heavy atom. The zero-order valence-corrected chi connectivity index (χ0v) is 23.9. The highest BCUT2D eigenvalue weighted by Crippen LogP contribution is 2.36. The van der Waals surface area contributed by atoms with Gasteiger partial charge in [-0.3, -0.25) is 30.5 Å². The number of anilines is 1. The number of fused-ring (bicyclic) bond motifs is 6. The summed E-state index contributed by atoms with van der Waals surface area (Å²) in [6.45, 7) is 2.80. The molecule has 6 unspecified atom stereocenters. The van der Waals surface area contributed by atoms with Crippen LogP contribution in [0.4, 0.5) is 5.69 Å². The molecule has 224 valence electrons. The number of aromatic nitrogens is 1. The van der Waals surface area contributed by atoms with E-state index in [0.717, 1.165) is 50.8 Å². The number of ether oxygens (including phenoxy) is 1. The first-order chi connectivity index (χ1) is 20.5. The summed E-state index contributed by atoms with van der Waals surface area (Å²) in [5, 5.41) is 19.8. The van der Waals surface area contributed by atoms with Crippen molar-refractivity contribution in [3.05, 3.63) is 42.6 Å². The Balaban J connectivity index is 1.03. The van der Waals surface area contributed by atoms with Gasteiger partial charge in [0.1, 0.15) is 19.1 Å². The molecule has 5 fully saturated rings. The van der Waals surface area contributed by atoms with Gasteiger partial charge in [-0.15, -0.1) is 0 Å². The fraction of sp³-hybridized carbons (Fsp3) is 0.600. The standard InChI is InChI=1S/C30H41N9O3/c31-30(10-11-30)18-36-14-9-19-15-20(5-6-22(19)36)33-29-32-16-21-26(35-29)39-24-8-7-23-27(34-24)37(25(40)17-42-23)12-3-1-2-4-13-38(39)28(21)41/h2,4-6,9,14-15,21,23-24,26-27,29,32-35H,1,3,7-8,10-13,16-18,31H2/b4-2-. The van der Waals surface area contributed by atoms with Crippen LogP contribution in [0.15, 0.2) is 42.6 Å². The van der Waals surface area contributed by atoms with E-state index < -0.39 is 0 Å². The molecular weight excluding hydrogens is 534 g/mol. The van der Waals surface area contributed by atoms with Crippen molar-refractivity contribution in [2.24, 2.45) is 11.7 Å². The number of amides is 2. The number of nitrogens with one attached hydrogen (secondary N) is 4. The number of benzene rings is 1. The van der Waals surface area contributed by atoms with Crippen LogP contribution in [0, 0.1) is 5.92 Å². The van der Waals surface area contributed by atoms with Crippen LogP contribution in [0.3, 0.4) is 0 Å². The van der Waals surface area contributed by atoms with Crippen molar-refractivity contribution >= 4 is 28.4 Å². The van der Waals surface area contributed by atoms with E-state index in [1.165, 1.54) is 10.9 Å². The number of allylic oxidation sites excluding steroid dienone is 1. The van der Waals surface area contributed by atoms with Gasteiger partial charge in [-0.1, -0.05) is 12.2 Å². The summed E-state index contributed by atoms with van der Waals surface area (Å²) in [7, 11) is 0. The van der Waals surface area contributed by atoms with Crippen LogP contribution >= 0.6 is 0 Å². The number of nitrogens with two attached hydrogens (primary N) is 1. The first-order valence-electron chi connectivity index (χ1n) is 15.5. The van der Waals surface area contributed by atoms with Crippen molar-refractivity contribution in [3.63, 3.8) is 0 Å². The molecule has 1 saturated carbocycles. The van der Waals surface area contributed by atoms with Crippen molar-refractivity contribution in [3.8, 4) is 0 Å². The predicted octanol–water partition coefficient (Wildman–Crippen LogP) is 0.635. The normalized spacial score (nSPS) is 35.3. The molecule has 5 aliphatic heterocycles. The van der Waals surface area contributed by atoms with Crippen LogP contribution in [-0.4, -0.2) is 94.0 Å². The lowest BCUT2D eigenvalue weighted by Crippen LogP contribution is -2.72. The molecule has 2 bridgehead atoms. The summed E-state index contributed by atoms with van der Waals surface area (Å²) in [5.74, 6) is -0.0683. The Hall–Kier alpha value is -3.00. The largest absolute Gasteiger partial charge is 0.365 e. The minimum atomic E-state index is -0.221. The summed E-state index contributed by atoms with van der Waals surface area (Å²) < 4.78 is 8.20. The van der Waals surface area contributed by atoms with Gasteiger partial charge in [0, 0.05) is 48.0 Å². The highest BCUT2D eigenvalue weighted by Gasteiger charge is 2.53. The molecule has 0 spiro atoms. The summed E-state index contributed by atoms with van der Waals surface area (Å²) in [6, 6.07) is 8.57. The molecule has 1 aromatic heterocycles. The Labute approximate surface area is 245 Å². The maximum Gasteiger partial charge on any atom is 0.249 e. The minimum Gasteiger partial charge on any atom is -0.365 e. The van der Waals surface area contributed by atoms with E-state index in [1.807, 2.05) is 9.91 Å². The molecule has 8 rings (SSSR count). The number of hydrogen-bond acceptors (Lipinski definition) is 9. The number of piperidine rings is 1. The van der Waals surface area contributed by atoms with Crippen molar-refractivity contribution in [2.45, 2.75) is 81.5 Å². The van der Waals surface area contributed by atoms with E-state index in [4.69, 9.17) is 10.5 Å². The number of carbonyl (C=O) groups excluding carboxylic acids is 2. The first-order valence-corrected chi connectivity index (χ1v) is 15.5. The lowest BCUT2D eigenvalue weighted by molar-refractivity contribution is -0.176. The zero-order valence-electron chi connectivity index (χ0n) is 23.9. The molecule has 6 atom stereocenters. The van der Waals surface area contributed by atoms with Gasteiger partial charge in [-0.25, -0.2) is 0 Å². The van der Waals surface area contributed by atoms with Gasteiger partial charge in [0.25, 0.3) is 0 Å². The van der Waals surface area contributed by atoms with Crippen molar-refractivity contribution in [2.75, 3.05) is 31.6 Å². The smallest absolute Gasteiger partial charge is 0.249 e. The van der Waals surface area contributed by atoms with Gasteiger partial charge >= 0.3 is 0 Å². The molecule has 1 aliphatic carbocycles. The SMILES string of the molecule is NC1(Cn2ccc3cc(NC4NCC5C(=O)N6C/C=C\CCCN7C(=O)COC8CCC(NC87)N6C5N4)ccc32)CC1. The first kappa shape index (κ1) is 26.6. The van der Waals surface area contributed by atoms with Gasteiger partial charge in [0.2, 0.25) is 11.8 Å². The maximum absolute atomic E-state index is 13.7. The number of hydrazine groups is 1. The molecule has 6 aliphatic rings. The Morgan fingerprint density at radius 1 is 1.10 bits per heavy atom. The second-order valence-electron chi connectivity index (χ2n) is 12.8. The lowest BCUT2D eigenvalue weighted by atomic mass is 9.99. The minimum absolute atomic E-state index is 0.0279. The number of nitrogens with zero attached hydrogens (tertiary/aromatic N) is 4. The fourth-order valence-corrected chi connectivity index (χ4v) is 7.43. The van der Waals surface area contributed by atoms with Crippen LogP contribution in [0.5, 0.6) is 0 Å². The summed E-state index contributed by atoms with van der Waals surface area (Å²) in [5.41, 5.74) is 8.52. The number of carbonyl (C=O) groups is 2. The van der Waals surface area contributed by atoms with Crippen molar-refractivity contribution in [1.82, 2.24) is 35.4 Å². The maximum atomic E-state index is 13.7. The van der Waals surface area contributed by atoms with E-state index in [1.54, 1.807) is 0 Å². The zero-order chi connectivity index (χ0) is 28.4. The van der Waals surface area contributed by atoms with E-state index in [0.29, 0.717) is 19.6 Å². The topological polar surface area (TPSA) is 132 Å². The third kappa shape index (κ3) is 4.70. The number of rotatable bonds is 4. The Bertz CT molecular complexity index is 1410. The van der Waals surface area contributed by atoms with E-state index in [-0.39, 0.29) is 60.8 Å². The van der Waals surface area contributed by atoms with Crippen molar-refractivity contribution < 1.29 is 14.3 Å². The summed E-state index contributed by atoms with van der Waals surface area (Å²) in [4.78, 5) is 28.5. The summed E-state index contributed by atoms with van der Waals surface area (Å²) >= 11 is 0. The molecule has 12 nitrogen and oxygen atoms in total. The lowest BCUT2D eigenvalue weighted by Gasteiger charge is -2.50. The fourth-order valence-electron chi connectivity index (χ4n) is 7.43. The molecule has 6 N–H and O–H groups in total. The van der Waals surface area contributed by atoms with E-state index in [2.05, 4.69) is 73.5 Å². The third-order valence-electron chi connectivity index (χ3n) is 9.91. The van der Waals surface area contributed by atoms with Gasteiger partial charge in [0.05, 0.1) is 30.9 Å². The molecule has 6 heterocycles. The van der Waals surface area contributed by atoms with E-state index in [9.17, 15) is 9.59 Å². The van der Waals surface area contributed by atoms with Crippen LogP contribution in [-0.2, 0) is 20.9 Å². The van der Waals surface area contributed by atoms with Crippen LogP contribution < -0.4 is 27.0 Å². The highest BCUT2D eigenvalue weighted by atomic mass is 16.5. The molecule has 2 amide bonds. The predicted molar refractivity (Wildman–Crippen MR) is 157 cm³/mol. The van der Waals surface area contributed by atoms with Crippen LogP contribution in [0.2, 0.25) is 0 Å². The second kappa shape index (κ2) is 10.3. The number of hydrogen-bond donors (Lipinski definition) is 5. The average Bonchev–Trinajstić information content (AvgIpc) is 3.49. The number of morpholine rings is 1. The Kier molecular flexibility index (Phi) is 6.54. The highest BCUT2D eigenvalue weighted by molar-refractivity contribution is 5.84. The Morgan fingerprint density at radius 2 is 2.00 bits per heavy atom. The van der Waals surface area contributed by atoms with Crippen molar-refractivity contribution in [1.29, 1.82) is 0 Å².